The van der Waals surface area contributed by atoms with E-state index in [9.17, 15) is 4.79 Å². The highest BCUT2D eigenvalue weighted by Crippen LogP contribution is 2.25. The zero-order valence-corrected chi connectivity index (χ0v) is 11.6. The number of ether oxygens (including phenoxy) is 2. The molecule has 1 fully saturated rings. The van der Waals surface area contributed by atoms with E-state index >= 15 is 0 Å². The van der Waals surface area contributed by atoms with E-state index in [4.69, 9.17) is 9.47 Å². The number of carbonyl (C=O) groups excluding carboxylic acids is 1. The Morgan fingerprint density at radius 1 is 1.53 bits per heavy atom. The van der Waals surface area contributed by atoms with E-state index in [0.29, 0.717) is 12.2 Å². The molecule has 1 unspecified atom stereocenters. The fourth-order valence-electron chi connectivity index (χ4n) is 2.30. The highest BCUT2D eigenvalue weighted by atomic mass is 16.5. The summed E-state index contributed by atoms with van der Waals surface area (Å²) in [6, 6.07) is 5.74. The number of methoxy groups -OCH3 is 1. The summed E-state index contributed by atoms with van der Waals surface area (Å²) in [4.78, 5) is 11.9. The summed E-state index contributed by atoms with van der Waals surface area (Å²) in [5, 5.41) is 2.91. The van der Waals surface area contributed by atoms with E-state index in [-0.39, 0.29) is 12.0 Å². The van der Waals surface area contributed by atoms with Gasteiger partial charge in [0.25, 0.3) is 0 Å². The molecule has 2 rings (SSSR count). The molecule has 1 N–H and O–H groups in total. The third-order valence-corrected chi connectivity index (χ3v) is 3.35. The molecule has 1 aromatic carbocycles. The predicted molar refractivity (Wildman–Crippen MR) is 74.6 cm³/mol. The summed E-state index contributed by atoms with van der Waals surface area (Å²) in [5.74, 6) is 0.704. The maximum Gasteiger partial charge on any atom is 0.224 e. The number of rotatable bonds is 5. The van der Waals surface area contributed by atoms with Crippen molar-refractivity contribution < 1.29 is 14.3 Å². The number of benzene rings is 1. The Morgan fingerprint density at radius 3 is 3.05 bits per heavy atom. The molecule has 1 aromatic rings. The van der Waals surface area contributed by atoms with Gasteiger partial charge in [0.05, 0.1) is 18.9 Å². The van der Waals surface area contributed by atoms with Crippen LogP contribution in [0.1, 0.15) is 31.2 Å². The summed E-state index contributed by atoms with van der Waals surface area (Å²) in [6.45, 7) is 2.82. The molecule has 19 heavy (non-hydrogen) atoms. The molecule has 0 aliphatic carbocycles. The third kappa shape index (κ3) is 3.96. The summed E-state index contributed by atoms with van der Waals surface area (Å²) in [5.41, 5.74) is 1.83. The minimum absolute atomic E-state index is 0.0133. The fraction of sp³-hybridized carbons (Fsp3) is 0.533. The van der Waals surface area contributed by atoms with E-state index in [1.807, 2.05) is 25.1 Å². The second-order valence-electron chi connectivity index (χ2n) is 4.93. The van der Waals surface area contributed by atoms with E-state index in [1.165, 1.54) is 0 Å². The molecule has 0 bridgehead atoms. The van der Waals surface area contributed by atoms with Crippen LogP contribution in [0.2, 0.25) is 0 Å². The van der Waals surface area contributed by atoms with Crippen molar-refractivity contribution in [3.8, 4) is 5.75 Å². The lowest BCUT2D eigenvalue weighted by Gasteiger charge is -2.12. The van der Waals surface area contributed by atoms with Gasteiger partial charge in [-0.3, -0.25) is 4.79 Å². The van der Waals surface area contributed by atoms with Gasteiger partial charge in [0, 0.05) is 13.0 Å². The molecular formula is C15H21NO3. The van der Waals surface area contributed by atoms with Crippen molar-refractivity contribution in [3.63, 3.8) is 0 Å². The minimum Gasteiger partial charge on any atom is -0.495 e. The summed E-state index contributed by atoms with van der Waals surface area (Å²) in [7, 11) is 1.60. The molecule has 104 valence electrons. The second kappa shape index (κ2) is 6.57. The smallest absolute Gasteiger partial charge is 0.224 e. The summed E-state index contributed by atoms with van der Waals surface area (Å²) >= 11 is 0. The number of amides is 1. The molecule has 0 saturated carbocycles. The molecule has 0 spiro atoms. The van der Waals surface area contributed by atoms with E-state index < -0.39 is 0 Å². The monoisotopic (exact) mass is 263 g/mol. The van der Waals surface area contributed by atoms with Gasteiger partial charge in [0.2, 0.25) is 5.91 Å². The first-order chi connectivity index (χ1) is 9.19. The highest BCUT2D eigenvalue weighted by molar-refractivity contribution is 5.92. The second-order valence-corrected chi connectivity index (χ2v) is 4.93. The number of anilines is 1. The van der Waals surface area contributed by atoms with Crippen LogP contribution in [0.25, 0.3) is 0 Å². The molecule has 0 radical (unpaired) electrons. The number of aryl methyl sites for hydroxylation is 1. The molecule has 1 heterocycles. The van der Waals surface area contributed by atoms with E-state index in [0.717, 1.165) is 37.1 Å². The fourth-order valence-corrected chi connectivity index (χ4v) is 2.30. The van der Waals surface area contributed by atoms with Crippen molar-refractivity contribution in [2.75, 3.05) is 19.0 Å². The minimum atomic E-state index is 0.0133. The Kier molecular flexibility index (Phi) is 4.80. The van der Waals surface area contributed by atoms with Crippen LogP contribution < -0.4 is 10.1 Å². The summed E-state index contributed by atoms with van der Waals surface area (Å²) in [6.07, 6.45) is 3.71. The molecule has 4 heteroatoms. The van der Waals surface area contributed by atoms with Crippen LogP contribution in [0.5, 0.6) is 5.75 Å². The first-order valence-electron chi connectivity index (χ1n) is 6.75. The Bertz CT molecular complexity index is 439. The molecular weight excluding hydrogens is 242 g/mol. The van der Waals surface area contributed by atoms with Crippen molar-refractivity contribution in [2.45, 2.75) is 38.7 Å². The number of carbonyl (C=O) groups is 1. The maximum absolute atomic E-state index is 11.9. The zero-order valence-electron chi connectivity index (χ0n) is 11.6. The standard InChI is InChI=1S/C15H21NO3/c1-11-5-7-14(18-2)13(10-11)16-15(17)8-6-12-4-3-9-19-12/h5,7,10,12H,3-4,6,8-9H2,1-2H3,(H,16,17). The topological polar surface area (TPSA) is 47.6 Å². The van der Waals surface area contributed by atoms with Gasteiger partial charge < -0.3 is 14.8 Å². The van der Waals surface area contributed by atoms with Crippen LogP contribution in [0, 0.1) is 6.92 Å². The molecule has 1 aliphatic heterocycles. The van der Waals surface area contributed by atoms with Gasteiger partial charge in [-0.25, -0.2) is 0 Å². The average molecular weight is 263 g/mol. The zero-order chi connectivity index (χ0) is 13.7. The van der Waals surface area contributed by atoms with Crippen molar-refractivity contribution in [2.24, 2.45) is 0 Å². The van der Waals surface area contributed by atoms with Crippen LogP contribution in [0.4, 0.5) is 5.69 Å². The molecule has 1 amide bonds. The van der Waals surface area contributed by atoms with E-state index in [1.54, 1.807) is 7.11 Å². The van der Waals surface area contributed by atoms with Gasteiger partial charge in [-0.05, 0) is 43.9 Å². The first kappa shape index (κ1) is 13.9. The quantitative estimate of drug-likeness (QED) is 0.888. The van der Waals surface area contributed by atoms with Crippen LogP contribution in [-0.2, 0) is 9.53 Å². The van der Waals surface area contributed by atoms with Crippen molar-refractivity contribution in [1.29, 1.82) is 0 Å². The van der Waals surface area contributed by atoms with Crippen molar-refractivity contribution in [1.82, 2.24) is 0 Å². The van der Waals surface area contributed by atoms with Crippen molar-refractivity contribution >= 4 is 11.6 Å². The van der Waals surface area contributed by atoms with Gasteiger partial charge in [-0.15, -0.1) is 0 Å². The van der Waals surface area contributed by atoms with Gasteiger partial charge >= 0.3 is 0 Å². The normalized spacial score (nSPS) is 18.3. The molecule has 4 nitrogen and oxygen atoms in total. The molecule has 0 aromatic heterocycles. The average Bonchev–Trinajstić information content (AvgIpc) is 2.90. The van der Waals surface area contributed by atoms with Gasteiger partial charge in [0.15, 0.2) is 0 Å². The van der Waals surface area contributed by atoms with Crippen LogP contribution in [0.15, 0.2) is 18.2 Å². The lowest BCUT2D eigenvalue weighted by atomic mass is 10.1. The molecule has 1 aliphatic rings. The van der Waals surface area contributed by atoms with Crippen LogP contribution in [-0.4, -0.2) is 25.7 Å². The van der Waals surface area contributed by atoms with Crippen molar-refractivity contribution in [3.05, 3.63) is 23.8 Å². The maximum atomic E-state index is 11.9. The number of nitrogens with one attached hydrogen (secondary N) is 1. The lowest BCUT2D eigenvalue weighted by Crippen LogP contribution is -2.15. The summed E-state index contributed by atoms with van der Waals surface area (Å²) < 4.78 is 10.8. The number of hydrogen-bond donors (Lipinski definition) is 1. The third-order valence-electron chi connectivity index (χ3n) is 3.35. The largest absolute Gasteiger partial charge is 0.495 e. The lowest BCUT2D eigenvalue weighted by molar-refractivity contribution is -0.116. The number of hydrogen-bond acceptors (Lipinski definition) is 3. The van der Waals surface area contributed by atoms with E-state index in [2.05, 4.69) is 5.32 Å². The van der Waals surface area contributed by atoms with Gasteiger partial charge in [-0.2, -0.15) is 0 Å². The van der Waals surface area contributed by atoms with Crippen LogP contribution >= 0.6 is 0 Å². The Balaban J connectivity index is 1.88. The predicted octanol–water partition coefficient (Wildman–Crippen LogP) is 2.90. The Hall–Kier alpha value is -1.55. The Labute approximate surface area is 114 Å². The highest BCUT2D eigenvalue weighted by Gasteiger charge is 2.17. The SMILES string of the molecule is COc1ccc(C)cc1NC(=O)CCC1CCCO1. The molecule has 1 saturated heterocycles. The van der Waals surface area contributed by atoms with Gasteiger partial charge in [0.1, 0.15) is 5.75 Å². The molecule has 1 atom stereocenters. The van der Waals surface area contributed by atoms with Gasteiger partial charge in [-0.1, -0.05) is 6.07 Å². The Morgan fingerprint density at radius 2 is 2.37 bits per heavy atom. The first-order valence-corrected chi connectivity index (χ1v) is 6.75. The van der Waals surface area contributed by atoms with Crippen LogP contribution in [0.3, 0.4) is 0 Å².